The number of fused-ring (bicyclic) bond motifs is 2. The highest BCUT2D eigenvalue weighted by Gasteiger charge is 2.28. The van der Waals surface area contributed by atoms with Crippen LogP contribution < -0.4 is 5.32 Å². The molecule has 1 fully saturated rings. The zero-order valence-electron chi connectivity index (χ0n) is 8.29. The predicted octanol–water partition coefficient (Wildman–Crippen LogP) is 2.36. The molecule has 2 bridgehead atoms. The summed E-state index contributed by atoms with van der Waals surface area (Å²) >= 11 is 1.64. The molecular weight excluding hydrogens is 192 g/mol. The second kappa shape index (κ2) is 3.17. The van der Waals surface area contributed by atoms with Gasteiger partial charge in [0.2, 0.25) is 0 Å². The van der Waals surface area contributed by atoms with E-state index in [0.717, 1.165) is 11.7 Å². The highest BCUT2D eigenvalue weighted by molar-refractivity contribution is 7.07. The number of hydrogen-bond acceptors (Lipinski definition) is 3. The molecule has 2 nitrogen and oxygen atoms in total. The highest BCUT2D eigenvalue weighted by atomic mass is 32.1. The van der Waals surface area contributed by atoms with E-state index in [1.54, 1.807) is 11.5 Å². The van der Waals surface area contributed by atoms with Gasteiger partial charge in [0.25, 0.3) is 0 Å². The number of hydrogen-bond donors (Lipinski definition) is 1. The van der Waals surface area contributed by atoms with Gasteiger partial charge in [0.15, 0.2) is 0 Å². The molecule has 0 amide bonds. The van der Waals surface area contributed by atoms with E-state index in [4.69, 9.17) is 0 Å². The van der Waals surface area contributed by atoms with E-state index >= 15 is 0 Å². The lowest BCUT2D eigenvalue weighted by Gasteiger charge is -2.20. The van der Waals surface area contributed by atoms with E-state index in [0.29, 0.717) is 6.04 Å². The lowest BCUT2D eigenvalue weighted by Crippen LogP contribution is -2.31. The van der Waals surface area contributed by atoms with Gasteiger partial charge in [0.1, 0.15) is 0 Å². The van der Waals surface area contributed by atoms with Crippen molar-refractivity contribution in [1.29, 1.82) is 0 Å². The van der Waals surface area contributed by atoms with Crippen LogP contribution >= 0.6 is 11.5 Å². The molecule has 2 atom stereocenters. The van der Waals surface area contributed by atoms with E-state index in [1.165, 1.54) is 29.7 Å². The Morgan fingerprint density at radius 3 is 3.14 bits per heavy atom. The zero-order valence-corrected chi connectivity index (χ0v) is 9.10. The third-order valence-electron chi connectivity index (χ3n) is 3.09. The minimum Gasteiger partial charge on any atom is -0.307 e. The SMILES string of the molecule is Cc1cc(C2=CC3CCC(C2)N3)sn1. The molecule has 0 saturated carbocycles. The van der Waals surface area contributed by atoms with E-state index in [1.807, 2.05) is 0 Å². The summed E-state index contributed by atoms with van der Waals surface area (Å²) in [6.45, 7) is 2.07. The van der Waals surface area contributed by atoms with Crippen molar-refractivity contribution >= 4 is 17.1 Å². The minimum atomic E-state index is 0.631. The van der Waals surface area contributed by atoms with Gasteiger partial charge in [-0.1, -0.05) is 6.08 Å². The Bertz CT molecular complexity index is 380. The first-order chi connectivity index (χ1) is 6.81. The third-order valence-corrected chi connectivity index (χ3v) is 4.05. The zero-order chi connectivity index (χ0) is 9.54. The van der Waals surface area contributed by atoms with Crippen molar-refractivity contribution in [3.63, 3.8) is 0 Å². The molecule has 1 aromatic rings. The summed E-state index contributed by atoms with van der Waals surface area (Å²) in [6.07, 6.45) is 6.24. The van der Waals surface area contributed by atoms with E-state index in [9.17, 15) is 0 Å². The van der Waals surface area contributed by atoms with Crippen LogP contribution in [-0.2, 0) is 0 Å². The molecular formula is C11H14N2S. The monoisotopic (exact) mass is 206 g/mol. The molecule has 3 rings (SSSR count). The summed E-state index contributed by atoms with van der Waals surface area (Å²) in [4.78, 5) is 1.38. The Morgan fingerprint density at radius 2 is 2.43 bits per heavy atom. The topological polar surface area (TPSA) is 24.9 Å². The van der Waals surface area contributed by atoms with Crippen LogP contribution in [0.3, 0.4) is 0 Å². The standard InChI is InChI=1S/C11H14N2S/c1-7-4-11(14-13-7)8-5-9-2-3-10(6-8)12-9/h4-5,9-10,12H,2-3,6H2,1H3. The fourth-order valence-electron chi connectivity index (χ4n) is 2.42. The number of aromatic nitrogens is 1. The summed E-state index contributed by atoms with van der Waals surface area (Å²) in [7, 11) is 0. The minimum absolute atomic E-state index is 0.631. The van der Waals surface area contributed by atoms with Crippen molar-refractivity contribution in [2.24, 2.45) is 0 Å². The van der Waals surface area contributed by atoms with Crippen LogP contribution in [0, 0.1) is 6.92 Å². The predicted molar refractivity (Wildman–Crippen MR) is 59.4 cm³/mol. The van der Waals surface area contributed by atoms with Crippen molar-refractivity contribution in [3.8, 4) is 0 Å². The van der Waals surface area contributed by atoms with Gasteiger partial charge in [-0.05, 0) is 49.4 Å². The molecule has 2 aliphatic heterocycles. The maximum absolute atomic E-state index is 4.34. The summed E-state index contributed by atoms with van der Waals surface area (Å²) in [6, 6.07) is 3.56. The molecule has 0 spiro atoms. The Balaban J connectivity index is 1.92. The smallest absolute Gasteiger partial charge is 0.0517 e. The highest BCUT2D eigenvalue weighted by Crippen LogP contribution is 2.33. The fraction of sp³-hybridized carbons (Fsp3) is 0.545. The summed E-state index contributed by atoms with van der Waals surface area (Å²) < 4.78 is 4.34. The van der Waals surface area contributed by atoms with Crippen molar-refractivity contribution in [2.45, 2.75) is 38.3 Å². The summed E-state index contributed by atoms with van der Waals surface area (Å²) in [5.41, 5.74) is 2.67. The first-order valence-electron chi connectivity index (χ1n) is 5.22. The number of aryl methyl sites for hydroxylation is 1. The maximum atomic E-state index is 4.34. The lowest BCUT2D eigenvalue weighted by molar-refractivity contribution is 0.575. The Kier molecular flexibility index (Phi) is 1.96. The first-order valence-corrected chi connectivity index (χ1v) is 5.99. The molecule has 3 heteroatoms. The molecule has 14 heavy (non-hydrogen) atoms. The van der Waals surface area contributed by atoms with Gasteiger partial charge in [-0.25, -0.2) is 0 Å². The maximum Gasteiger partial charge on any atom is 0.0517 e. The van der Waals surface area contributed by atoms with E-state index in [-0.39, 0.29) is 0 Å². The molecule has 74 valence electrons. The summed E-state index contributed by atoms with van der Waals surface area (Å²) in [5, 5.41) is 3.60. The average molecular weight is 206 g/mol. The van der Waals surface area contributed by atoms with Gasteiger partial charge in [-0.15, -0.1) is 0 Å². The van der Waals surface area contributed by atoms with Crippen molar-refractivity contribution in [3.05, 3.63) is 22.7 Å². The molecule has 2 unspecified atom stereocenters. The van der Waals surface area contributed by atoms with Crippen molar-refractivity contribution < 1.29 is 0 Å². The fourth-order valence-corrected chi connectivity index (χ4v) is 3.20. The van der Waals surface area contributed by atoms with Gasteiger partial charge in [0.05, 0.1) is 10.6 Å². The Hall–Kier alpha value is -0.670. The van der Waals surface area contributed by atoms with Gasteiger partial charge >= 0.3 is 0 Å². The third kappa shape index (κ3) is 1.41. The molecule has 0 radical (unpaired) electrons. The molecule has 0 aromatic carbocycles. The van der Waals surface area contributed by atoms with Crippen LogP contribution in [0.15, 0.2) is 12.1 Å². The molecule has 1 saturated heterocycles. The van der Waals surface area contributed by atoms with Crippen molar-refractivity contribution in [1.82, 2.24) is 9.69 Å². The van der Waals surface area contributed by atoms with Crippen LogP contribution in [0.1, 0.15) is 29.8 Å². The Labute approximate surface area is 88.2 Å². The summed E-state index contributed by atoms with van der Waals surface area (Å²) in [5.74, 6) is 0. The van der Waals surface area contributed by atoms with E-state index in [2.05, 4.69) is 28.8 Å². The van der Waals surface area contributed by atoms with Crippen LogP contribution in [0.5, 0.6) is 0 Å². The first kappa shape index (κ1) is 8.62. The second-order valence-corrected chi connectivity index (χ2v) is 5.08. The molecule has 1 N–H and O–H groups in total. The lowest BCUT2D eigenvalue weighted by atomic mass is 10.0. The van der Waals surface area contributed by atoms with Crippen LogP contribution in [0.25, 0.3) is 5.57 Å². The van der Waals surface area contributed by atoms with Crippen LogP contribution in [0.4, 0.5) is 0 Å². The van der Waals surface area contributed by atoms with E-state index < -0.39 is 0 Å². The van der Waals surface area contributed by atoms with Crippen LogP contribution in [-0.4, -0.2) is 16.5 Å². The molecule has 1 aromatic heterocycles. The van der Waals surface area contributed by atoms with Gasteiger partial charge in [-0.3, -0.25) is 0 Å². The average Bonchev–Trinajstić information content (AvgIpc) is 2.73. The molecule has 3 heterocycles. The number of nitrogens with one attached hydrogen (secondary N) is 1. The molecule has 0 aliphatic carbocycles. The normalized spacial score (nSPS) is 30.5. The van der Waals surface area contributed by atoms with Gasteiger partial charge in [-0.2, -0.15) is 4.37 Å². The number of nitrogens with zero attached hydrogens (tertiary/aromatic N) is 1. The largest absolute Gasteiger partial charge is 0.307 e. The number of rotatable bonds is 1. The van der Waals surface area contributed by atoms with Crippen molar-refractivity contribution in [2.75, 3.05) is 0 Å². The second-order valence-electron chi connectivity index (χ2n) is 4.28. The van der Waals surface area contributed by atoms with Gasteiger partial charge < -0.3 is 5.32 Å². The van der Waals surface area contributed by atoms with Gasteiger partial charge in [0, 0.05) is 12.1 Å². The Morgan fingerprint density at radius 1 is 1.50 bits per heavy atom. The molecule has 2 aliphatic rings. The van der Waals surface area contributed by atoms with Crippen LogP contribution in [0.2, 0.25) is 0 Å². The quantitative estimate of drug-likeness (QED) is 0.763.